The number of hydrogen-bond donors (Lipinski definition) is 4. The molecule has 41 heavy (non-hydrogen) atoms. The van der Waals surface area contributed by atoms with Gasteiger partial charge in [0.05, 0.1) is 0 Å². The Morgan fingerprint density at radius 2 is 0.951 bits per heavy atom. The molecule has 0 bridgehead atoms. The van der Waals surface area contributed by atoms with E-state index in [1.54, 1.807) is 24.3 Å². The van der Waals surface area contributed by atoms with Crippen LogP contribution in [0.2, 0.25) is 0 Å². The van der Waals surface area contributed by atoms with Crippen molar-refractivity contribution in [1.29, 1.82) is 0 Å². The van der Waals surface area contributed by atoms with Crippen LogP contribution >= 0.6 is 0 Å². The Morgan fingerprint density at radius 3 is 1.20 bits per heavy atom. The highest BCUT2D eigenvalue weighted by atomic mass is 32.3. The van der Waals surface area contributed by atoms with Gasteiger partial charge in [0.1, 0.15) is 11.6 Å². The number of halogens is 2. The van der Waals surface area contributed by atoms with E-state index < -0.39 is 25.3 Å². The van der Waals surface area contributed by atoms with Gasteiger partial charge in [0, 0.05) is 25.9 Å². The molecule has 0 saturated carbocycles. The van der Waals surface area contributed by atoms with Gasteiger partial charge in [-0.1, -0.05) is 63.8 Å². The van der Waals surface area contributed by atoms with Gasteiger partial charge >= 0.3 is 0 Å². The summed E-state index contributed by atoms with van der Waals surface area (Å²) < 4.78 is 79.4. The molecule has 4 N–H and O–H groups in total. The minimum absolute atomic E-state index is 0.0674. The van der Waals surface area contributed by atoms with Crippen molar-refractivity contribution in [2.75, 3.05) is 5.08 Å². The first-order chi connectivity index (χ1) is 19.1. The number of carbonyl (C=O) groups is 2. The highest BCUT2D eigenvalue weighted by Crippen LogP contribution is 2.04. The lowest BCUT2D eigenvalue weighted by Crippen LogP contribution is -2.22. The fourth-order valence-corrected chi connectivity index (χ4v) is 4.55. The average Bonchev–Trinajstić information content (AvgIpc) is 2.87. The molecule has 0 aromatic heterocycles. The molecule has 0 fully saturated rings. The zero-order valence-electron chi connectivity index (χ0n) is 23.3. The van der Waals surface area contributed by atoms with Gasteiger partial charge in [0.2, 0.25) is 16.9 Å². The Balaban J connectivity index is 0.000000612. The molecular weight excluding hydrogens is 582 g/mol. The molecule has 0 aliphatic rings. The second-order valence-corrected chi connectivity index (χ2v) is 12.3. The predicted octanol–water partition coefficient (Wildman–Crippen LogP) is 4.76. The second kappa shape index (κ2) is 20.9. The summed E-state index contributed by atoms with van der Waals surface area (Å²) in [6, 6.07) is 12.3. The van der Waals surface area contributed by atoms with Crippen LogP contribution in [-0.2, 0) is 42.9 Å². The van der Waals surface area contributed by atoms with Gasteiger partial charge in [-0.25, -0.2) is 8.78 Å². The van der Waals surface area contributed by atoms with E-state index >= 15 is 0 Å². The van der Waals surface area contributed by atoms with E-state index in [1.807, 2.05) is 0 Å². The number of amides is 2. The SMILES string of the molecule is CCCCCC(=O)NCc1ccc(F)cc1.CCCCCC(=O)NCc1ccc(F)cc1.O=S(=O)(O)CS(=O)(=O)O. The minimum atomic E-state index is -4.62. The number of rotatable bonds is 14. The first-order valence-corrected chi connectivity index (χ1v) is 16.3. The number of unbranched alkanes of at least 4 members (excludes halogenated alkanes) is 4. The lowest BCUT2D eigenvalue weighted by atomic mass is 10.2. The summed E-state index contributed by atoms with van der Waals surface area (Å²) >= 11 is 0. The number of nitrogens with one attached hydrogen (secondary N) is 2. The van der Waals surface area contributed by atoms with Crippen LogP contribution in [0.1, 0.15) is 76.3 Å². The van der Waals surface area contributed by atoms with Gasteiger partial charge in [-0.05, 0) is 48.2 Å². The van der Waals surface area contributed by atoms with E-state index in [2.05, 4.69) is 24.5 Å². The van der Waals surface area contributed by atoms with Crippen molar-refractivity contribution in [3.63, 3.8) is 0 Å². The summed E-state index contributed by atoms with van der Waals surface area (Å²) in [7, 11) is -9.24. The molecule has 0 saturated heterocycles. The molecule has 2 amide bonds. The maximum Gasteiger partial charge on any atom is 0.281 e. The summed E-state index contributed by atoms with van der Waals surface area (Å²) in [5.74, 6) is -0.369. The topological polar surface area (TPSA) is 167 Å². The van der Waals surface area contributed by atoms with E-state index in [4.69, 9.17) is 9.11 Å². The smallest absolute Gasteiger partial charge is 0.281 e. The third-order valence-corrected chi connectivity index (χ3v) is 7.50. The third-order valence-electron chi connectivity index (χ3n) is 5.12. The van der Waals surface area contributed by atoms with Gasteiger partial charge < -0.3 is 10.6 Å². The van der Waals surface area contributed by atoms with Crippen LogP contribution in [0.15, 0.2) is 48.5 Å². The largest absolute Gasteiger partial charge is 0.352 e. The normalized spacial score (nSPS) is 10.9. The van der Waals surface area contributed by atoms with Crippen LogP contribution in [0, 0.1) is 11.6 Å². The lowest BCUT2D eigenvalue weighted by molar-refractivity contribution is -0.122. The Hall–Kier alpha value is -2.94. The van der Waals surface area contributed by atoms with Crippen molar-refractivity contribution in [1.82, 2.24) is 10.6 Å². The average molecular weight is 623 g/mol. The molecule has 2 rings (SSSR count). The fraction of sp³-hybridized carbons (Fsp3) is 0.481. The van der Waals surface area contributed by atoms with Crippen molar-refractivity contribution in [3.8, 4) is 0 Å². The molecule has 0 aliphatic carbocycles. The molecule has 0 spiro atoms. The van der Waals surface area contributed by atoms with Crippen molar-refractivity contribution >= 4 is 32.1 Å². The van der Waals surface area contributed by atoms with Crippen LogP contribution in [-0.4, -0.2) is 42.8 Å². The molecule has 2 aromatic rings. The van der Waals surface area contributed by atoms with Crippen LogP contribution in [0.25, 0.3) is 0 Å². The minimum Gasteiger partial charge on any atom is -0.352 e. The predicted molar refractivity (Wildman–Crippen MR) is 153 cm³/mol. The summed E-state index contributed by atoms with van der Waals surface area (Å²) in [4.78, 5) is 22.7. The van der Waals surface area contributed by atoms with Crippen molar-refractivity contribution in [3.05, 3.63) is 71.3 Å². The summed E-state index contributed by atoms with van der Waals surface area (Å²) in [5.41, 5.74) is 1.84. The molecule has 0 atom stereocenters. The Morgan fingerprint density at radius 1 is 0.634 bits per heavy atom. The summed E-state index contributed by atoms with van der Waals surface area (Å²) in [6.07, 6.45) is 7.44. The van der Waals surface area contributed by atoms with E-state index in [0.717, 1.165) is 49.7 Å². The van der Waals surface area contributed by atoms with Crippen molar-refractivity contribution in [2.45, 2.75) is 78.3 Å². The molecule has 0 unspecified atom stereocenters. The number of hydrogen-bond acceptors (Lipinski definition) is 6. The lowest BCUT2D eigenvalue weighted by Gasteiger charge is -2.04. The summed E-state index contributed by atoms with van der Waals surface area (Å²) in [6.45, 7) is 5.17. The van der Waals surface area contributed by atoms with Crippen molar-refractivity contribution < 1.29 is 44.3 Å². The first-order valence-electron chi connectivity index (χ1n) is 13.1. The number of carbonyl (C=O) groups excluding carboxylic acids is 2. The zero-order valence-corrected chi connectivity index (χ0v) is 24.9. The molecule has 10 nitrogen and oxygen atoms in total. The highest BCUT2D eigenvalue weighted by molar-refractivity contribution is 8.02. The quantitative estimate of drug-likeness (QED) is 0.173. The Labute approximate surface area is 241 Å². The molecular formula is C27H40F2N2O8S2. The molecule has 232 valence electrons. The third kappa shape index (κ3) is 24.6. The zero-order chi connectivity index (χ0) is 31.3. The second-order valence-electron chi connectivity index (χ2n) is 9.00. The monoisotopic (exact) mass is 622 g/mol. The van der Waals surface area contributed by atoms with Crippen LogP contribution in [0.5, 0.6) is 0 Å². The van der Waals surface area contributed by atoms with Gasteiger partial charge in [-0.15, -0.1) is 0 Å². The van der Waals surface area contributed by atoms with Gasteiger partial charge in [0.25, 0.3) is 20.2 Å². The van der Waals surface area contributed by atoms with Crippen molar-refractivity contribution in [2.24, 2.45) is 0 Å². The first kappa shape index (κ1) is 38.1. The molecule has 0 aliphatic heterocycles. The van der Waals surface area contributed by atoms with Gasteiger partial charge in [-0.3, -0.25) is 18.7 Å². The van der Waals surface area contributed by atoms with Gasteiger partial charge in [0.15, 0.2) is 0 Å². The highest BCUT2D eigenvalue weighted by Gasteiger charge is 2.15. The number of benzene rings is 2. The fourth-order valence-electron chi connectivity index (χ4n) is 3.04. The Bertz CT molecular complexity index is 1140. The van der Waals surface area contributed by atoms with E-state index in [0.29, 0.717) is 25.9 Å². The van der Waals surface area contributed by atoms with E-state index in [-0.39, 0.29) is 23.4 Å². The van der Waals surface area contributed by atoms with E-state index in [1.165, 1.54) is 24.3 Å². The molecule has 14 heteroatoms. The van der Waals surface area contributed by atoms with Gasteiger partial charge in [-0.2, -0.15) is 16.8 Å². The molecule has 0 radical (unpaired) electrons. The summed E-state index contributed by atoms with van der Waals surface area (Å²) in [5, 5.41) is 3.98. The maximum atomic E-state index is 12.6. The van der Waals surface area contributed by atoms with Crippen LogP contribution < -0.4 is 10.6 Å². The standard InChI is InChI=1S/2C13H18FNO.CH4O6S2/c2*1-2-3-4-5-13(16)15-10-11-6-8-12(14)9-7-11;2-8(3,4)1-9(5,6)7/h2*6-9H,2-5,10H2,1H3,(H,15,16);1H2,(H,2,3,4)(H,5,6,7). The Kier molecular flexibility index (Phi) is 19.4. The molecule has 0 heterocycles. The van der Waals surface area contributed by atoms with E-state index in [9.17, 15) is 35.2 Å². The molecule has 2 aromatic carbocycles. The van der Waals surface area contributed by atoms with Crippen LogP contribution in [0.4, 0.5) is 8.78 Å². The maximum absolute atomic E-state index is 12.6. The van der Waals surface area contributed by atoms with Crippen LogP contribution in [0.3, 0.4) is 0 Å².